The van der Waals surface area contributed by atoms with Crippen LogP contribution in [-0.2, 0) is 0 Å². The van der Waals surface area contributed by atoms with Crippen molar-refractivity contribution in [2.24, 2.45) is 10.9 Å². The van der Waals surface area contributed by atoms with Gasteiger partial charge < -0.3 is 0 Å². The molecular formula is C16H31FN2. The fourth-order valence-electron chi connectivity index (χ4n) is 2.28. The minimum absolute atomic E-state index is 0.504. The zero-order chi connectivity index (χ0) is 14.7. The molecule has 2 aliphatic heterocycles. The molecule has 2 atom stereocenters. The summed E-state index contributed by atoms with van der Waals surface area (Å²) in [6.07, 6.45) is 6.58. The van der Waals surface area contributed by atoms with Gasteiger partial charge in [0.2, 0.25) is 0 Å². The number of hydrogen-bond acceptors (Lipinski definition) is 2. The monoisotopic (exact) mass is 270 g/mol. The van der Waals surface area contributed by atoms with Crippen molar-refractivity contribution in [1.29, 1.82) is 0 Å². The van der Waals surface area contributed by atoms with Crippen molar-refractivity contribution < 1.29 is 4.39 Å². The molecule has 1 saturated heterocycles. The zero-order valence-electron chi connectivity index (χ0n) is 13.3. The summed E-state index contributed by atoms with van der Waals surface area (Å²) in [5.41, 5.74) is 1.11. The summed E-state index contributed by atoms with van der Waals surface area (Å²) < 4.78 is 13.0. The van der Waals surface area contributed by atoms with Gasteiger partial charge in [-0.05, 0) is 26.2 Å². The molecule has 0 saturated carbocycles. The average Bonchev–Trinajstić information content (AvgIpc) is 2.74. The first-order valence-corrected chi connectivity index (χ1v) is 7.81. The lowest BCUT2D eigenvalue weighted by atomic mass is 10.0. The third kappa shape index (κ3) is 7.46. The van der Waals surface area contributed by atoms with Gasteiger partial charge >= 0.3 is 0 Å². The van der Waals surface area contributed by atoms with E-state index in [9.17, 15) is 4.39 Å². The van der Waals surface area contributed by atoms with Crippen molar-refractivity contribution in [3.63, 3.8) is 0 Å². The Hall–Kier alpha value is -0.700. The molecule has 0 amide bonds. The number of nitrogens with zero attached hydrogens (tertiary/aromatic N) is 2. The van der Waals surface area contributed by atoms with Crippen LogP contribution in [-0.4, -0.2) is 36.9 Å². The van der Waals surface area contributed by atoms with Crippen LogP contribution in [0.1, 0.15) is 53.9 Å². The van der Waals surface area contributed by atoms with E-state index < -0.39 is 6.17 Å². The van der Waals surface area contributed by atoms with Crippen molar-refractivity contribution in [1.82, 2.24) is 4.90 Å². The first-order valence-electron chi connectivity index (χ1n) is 7.81. The molecule has 0 aromatic carbocycles. The van der Waals surface area contributed by atoms with E-state index in [0.29, 0.717) is 18.9 Å². The van der Waals surface area contributed by atoms with Gasteiger partial charge in [0.05, 0.1) is 0 Å². The highest BCUT2D eigenvalue weighted by Crippen LogP contribution is 2.18. The molecular weight excluding hydrogens is 239 g/mol. The molecule has 0 spiro atoms. The van der Waals surface area contributed by atoms with Crippen molar-refractivity contribution in [2.75, 3.05) is 19.6 Å². The van der Waals surface area contributed by atoms with Gasteiger partial charge in [0.15, 0.2) is 0 Å². The molecule has 2 aliphatic rings. The number of halogens is 1. The van der Waals surface area contributed by atoms with E-state index in [2.05, 4.69) is 16.0 Å². The maximum absolute atomic E-state index is 13.0. The highest BCUT2D eigenvalue weighted by molar-refractivity contribution is 5.63. The molecule has 0 bridgehead atoms. The van der Waals surface area contributed by atoms with Gasteiger partial charge in [0.25, 0.3) is 0 Å². The van der Waals surface area contributed by atoms with E-state index in [4.69, 9.17) is 0 Å². The Kier molecular flexibility index (Phi) is 10.7. The number of alkyl halides is 1. The SMILES string of the molecule is CC.CC.CC1=CCCC(CN2CCC(F)C2)C=N1. The minimum atomic E-state index is -0.604. The first-order chi connectivity index (χ1) is 9.24. The third-order valence-corrected chi connectivity index (χ3v) is 3.17. The molecule has 19 heavy (non-hydrogen) atoms. The van der Waals surface area contributed by atoms with Crippen LogP contribution < -0.4 is 0 Å². The van der Waals surface area contributed by atoms with Crippen molar-refractivity contribution in [2.45, 2.75) is 60.1 Å². The maximum atomic E-state index is 13.0. The topological polar surface area (TPSA) is 15.6 Å². The lowest BCUT2D eigenvalue weighted by Gasteiger charge is -2.19. The summed E-state index contributed by atoms with van der Waals surface area (Å²) in [5, 5.41) is 0. The summed E-state index contributed by atoms with van der Waals surface area (Å²) >= 11 is 0. The third-order valence-electron chi connectivity index (χ3n) is 3.17. The fourth-order valence-corrected chi connectivity index (χ4v) is 2.28. The summed E-state index contributed by atoms with van der Waals surface area (Å²) in [4.78, 5) is 6.61. The molecule has 0 aromatic rings. The fraction of sp³-hybridized carbons (Fsp3) is 0.812. The zero-order valence-corrected chi connectivity index (χ0v) is 13.3. The van der Waals surface area contributed by atoms with Crippen LogP contribution in [0.3, 0.4) is 0 Å². The molecule has 112 valence electrons. The Morgan fingerprint density at radius 3 is 2.53 bits per heavy atom. The number of allylic oxidation sites excluding steroid dienone is 2. The maximum Gasteiger partial charge on any atom is 0.114 e. The Bertz CT molecular complexity index is 274. The molecule has 3 heteroatoms. The number of rotatable bonds is 2. The normalized spacial score (nSPS) is 26.5. The van der Waals surface area contributed by atoms with Gasteiger partial charge in [-0.1, -0.05) is 33.8 Å². The van der Waals surface area contributed by atoms with Crippen LogP contribution in [0, 0.1) is 5.92 Å². The molecule has 2 rings (SSSR count). The van der Waals surface area contributed by atoms with E-state index in [0.717, 1.165) is 31.6 Å². The first kappa shape index (κ1) is 18.3. The van der Waals surface area contributed by atoms with Crippen LogP contribution in [0.15, 0.2) is 16.8 Å². The van der Waals surface area contributed by atoms with Gasteiger partial charge in [-0.25, -0.2) is 4.39 Å². The van der Waals surface area contributed by atoms with E-state index in [1.165, 1.54) is 0 Å². The molecule has 0 aliphatic carbocycles. The summed E-state index contributed by atoms with van der Waals surface area (Å²) in [6, 6.07) is 0. The predicted molar refractivity (Wildman–Crippen MR) is 83.6 cm³/mol. The van der Waals surface area contributed by atoms with Gasteiger partial charge in [-0.15, -0.1) is 0 Å². The lowest BCUT2D eigenvalue weighted by Crippen LogP contribution is -2.28. The van der Waals surface area contributed by atoms with Gasteiger partial charge in [-0.2, -0.15) is 0 Å². The van der Waals surface area contributed by atoms with Crippen LogP contribution in [0.4, 0.5) is 4.39 Å². The Morgan fingerprint density at radius 1 is 1.26 bits per heavy atom. The summed E-state index contributed by atoms with van der Waals surface area (Å²) in [7, 11) is 0. The molecule has 2 heterocycles. The predicted octanol–water partition coefficient (Wildman–Crippen LogP) is 4.47. The molecule has 0 radical (unpaired) electrons. The molecule has 2 nitrogen and oxygen atoms in total. The Labute approximate surface area is 118 Å². The molecule has 0 N–H and O–H groups in total. The smallest absolute Gasteiger partial charge is 0.114 e. The van der Waals surface area contributed by atoms with E-state index in [-0.39, 0.29) is 0 Å². The standard InChI is InChI=1S/C12H19FN2.2C2H6/c1-10-3-2-4-11(7-14-10)8-15-6-5-12(13)9-15;2*1-2/h3,7,11-12H,2,4-6,8-9H2,1H3;2*1-2H3. The van der Waals surface area contributed by atoms with Gasteiger partial charge in [0, 0.05) is 37.5 Å². The average molecular weight is 270 g/mol. The largest absolute Gasteiger partial charge is 0.300 e. The minimum Gasteiger partial charge on any atom is -0.300 e. The molecule has 0 aromatic heterocycles. The second-order valence-corrected chi connectivity index (χ2v) is 4.61. The number of likely N-dealkylation sites (tertiary alicyclic amines) is 1. The second-order valence-electron chi connectivity index (χ2n) is 4.61. The van der Waals surface area contributed by atoms with Crippen molar-refractivity contribution in [3.05, 3.63) is 11.8 Å². The van der Waals surface area contributed by atoms with Crippen LogP contribution in [0.5, 0.6) is 0 Å². The second kappa shape index (κ2) is 11.2. The number of hydrogen-bond donors (Lipinski definition) is 0. The van der Waals surface area contributed by atoms with E-state index >= 15 is 0 Å². The van der Waals surface area contributed by atoms with Crippen LogP contribution >= 0.6 is 0 Å². The highest BCUT2D eigenvalue weighted by Gasteiger charge is 2.23. The lowest BCUT2D eigenvalue weighted by molar-refractivity contribution is 0.270. The highest BCUT2D eigenvalue weighted by atomic mass is 19.1. The molecule has 1 fully saturated rings. The van der Waals surface area contributed by atoms with E-state index in [1.807, 2.05) is 40.8 Å². The van der Waals surface area contributed by atoms with Crippen LogP contribution in [0.25, 0.3) is 0 Å². The van der Waals surface area contributed by atoms with Gasteiger partial charge in [0.1, 0.15) is 6.17 Å². The number of aliphatic imine (C=N–C) groups is 1. The quantitative estimate of drug-likeness (QED) is 0.723. The van der Waals surface area contributed by atoms with Crippen molar-refractivity contribution >= 4 is 6.21 Å². The summed E-state index contributed by atoms with van der Waals surface area (Å²) in [6.45, 7) is 12.5. The Morgan fingerprint density at radius 2 is 1.95 bits per heavy atom. The van der Waals surface area contributed by atoms with Crippen molar-refractivity contribution in [3.8, 4) is 0 Å². The Balaban J connectivity index is 0.000000741. The summed E-state index contributed by atoms with van der Waals surface area (Å²) in [5.74, 6) is 0.504. The molecule has 2 unspecified atom stereocenters. The van der Waals surface area contributed by atoms with Crippen LogP contribution in [0.2, 0.25) is 0 Å². The van der Waals surface area contributed by atoms with E-state index in [1.54, 1.807) is 0 Å². The van der Waals surface area contributed by atoms with Gasteiger partial charge in [-0.3, -0.25) is 9.89 Å².